The van der Waals surface area contributed by atoms with Crippen LogP contribution in [0.25, 0.3) is 0 Å². The van der Waals surface area contributed by atoms with Crippen molar-refractivity contribution in [3.05, 3.63) is 40.2 Å². The Morgan fingerprint density at radius 1 is 1.57 bits per heavy atom. The van der Waals surface area contributed by atoms with Gasteiger partial charge in [0.25, 0.3) is 0 Å². The van der Waals surface area contributed by atoms with Gasteiger partial charge in [-0.05, 0) is 31.5 Å². The molecule has 1 saturated heterocycles. The van der Waals surface area contributed by atoms with Crippen molar-refractivity contribution in [3.63, 3.8) is 0 Å². The molecule has 0 saturated carbocycles. The zero-order valence-corrected chi connectivity index (χ0v) is 13.7. The second kappa shape index (κ2) is 5.98. The van der Waals surface area contributed by atoms with Crippen LogP contribution in [0.4, 0.5) is 0 Å². The molecule has 7 heteroatoms. The summed E-state index contributed by atoms with van der Waals surface area (Å²) >= 11 is 1.44. The fraction of sp³-hybridized carbons (Fsp3) is 0.438. The van der Waals surface area contributed by atoms with Crippen LogP contribution in [-0.2, 0) is 15.3 Å². The van der Waals surface area contributed by atoms with Crippen LogP contribution in [0.5, 0.6) is 0 Å². The highest BCUT2D eigenvalue weighted by Crippen LogP contribution is 2.47. The first kappa shape index (κ1) is 16.0. The number of nitrogens with zero attached hydrogens (tertiary/aromatic N) is 2. The SMILES string of the molecule is Cc1cc(CSC2=C(C(=O)O)N3C(=O)[C@H]([C@@H](C)O)[C@H]3C2)ccn1. The number of hydrogen-bond donors (Lipinski definition) is 2. The maximum Gasteiger partial charge on any atom is 0.353 e. The fourth-order valence-corrected chi connectivity index (χ4v) is 4.36. The number of thioether (sulfide) groups is 1. The maximum atomic E-state index is 12.1. The van der Waals surface area contributed by atoms with Gasteiger partial charge in [-0.25, -0.2) is 4.79 Å². The minimum Gasteiger partial charge on any atom is -0.477 e. The molecule has 1 fully saturated rings. The second-order valence-corrected chi connectivity index (χ2v) is 6.99. The van der Waals surface area contributed by atoms with Crippen LogP contribution in [0, 0.1) is 12.8 Å². The second-order valence-electron chi connectivity index (χ2n) is 5.92. The van der Waals surface area contributed by atoms with E-state index >= 15 is 0 Å². The van der Waals surface area contributed by atoms with Gasteiger partial charge in [0.1, 0.15) is 5.70 Å². The number of aromatic nitrogens is 1. The third kappa shape index (κ3) is 2.74. The van der Waals surface area contributed by atoms with Crippen molar-refractivity contribution in [1.29, 1.82) is 0 Å². The molecule has 1 aromatic rings. The van der Waals surface area contributed by atoms with Crippen molar-refractivity contribution in [1.82, 2.24) is 9.88 Å². The van der Waals surface area contributed by atoms with Crippen molar-refractivity contribution >= 4 is 23.6 Å². The summed E-state index contributed by atoms with van der Waals surface area (Å²) in [5.74, 6) is -1.24. The quantitative estimate of drug-likeness (QED) is 0.794. The van der Waals surface area contributed by atoms with E-state index in [4.69, 9.17) is 0 Å². The molecule has 2 aliphatic heterocycles. The molecule has 0 spiro atoms. The largest absolute Gasteiger partial charge is 0.477 e. The summed E-state index contributed by atoms with van der Waals surface area (Å²) in [5, 5.41) is 19.2. The summed E-state index contributed by atoms with van der Waals surface area (Å²) in [5.41, 5.74) is 2.05. The first-order valence-electron chi connectivity index (χ1n) is 7.42. The molecule has 3 heterocycles. The number of carboxylic acid groups (broad SMARTS) is 1. The predicted molar refractivity (Wildman–Crippen MR) is 85.4 cm³/mol. The van der Waals surface area contributed by atoms with Crippen LogP contribution in [-0.4, -0.2) is 44.1 Å². The highest BCUT2D eigenvalue weighted by Gasteiger charge is 2.56. The standard InChI is InChI=1S/C16H18N2O4S/c1-8-5-10(3-4-17-8)7-23-12-6-11-13(9(2)19)15(20)18(11)14(12)16(21)22/h3-5,9,11,13,19H,6-7H2,1-2H3,(H,21,22)/t9-,11-,13-/m1/s1. The molecule has 0 unspecified atom stereocenters. The van der Waals surface area contributed by atoms with Gasteiger partial charge in [0.05, 0.1) is 18.1 Å². The Hall–Kier alpha value is -1.86. The minimum atomic E-state index is -1.08. The first-order valence-corrected chi connectivity index (χ1v) is 8.40. The van der Waals surface area contributed by atoms with Crippen LogP contribution in [0.15, 0.2) is 28.9 Å². The Kier molecular flexibility index (Phi) is 4.16. The number of hydrogen-bond acceptors (Lipinski definition) is 5. The Balaban J connectivity index is 1.78. The molecule has 2 N–H and O–H groups in total. The molecule has 0 aliphatic carbocycles. The van der Waals surface area contributed by atoms with E-state index in [1.54, 1.807) is 13.1 Å². The number of rotatable bonds is 5. The fourth-order valence-electron chi connectivity index (χ4n) is 3.22. The van der Waals surface area contributed by atoms with Crippen molar-refractivity contribution < 1.29 is 19.8 Å². The molecule has 6 nitrogen and oxygen atoms in total. The van der Waals surface area contributed by atoms with E-state index in [1.165, 1.54) is 16.7 Å². The minimum absolute atomic E-state index is 0.0766. The van der Waals surface area contributed by atoms with Crippen LogP contribution < -0.4 is 0 Å². The topological polar surface area (TPSA) is 90.7 Å². The van der Waals surface area contributed by atoms with Crippen LogP contribution in [0.2, 0.25) is 0 Å². The van der Waals surface area contributed by atoms with Crippen molar-refractivity contribution in [3.8, 4) is 0 Å². The zero-order valence-electron chi connectivity index (χ0n) is 12.9. The number of aliphatic hydroxyl groups is 1. The molecular weight excluding hydrogens is 316 g/mol. The molecule has 1 amide bonds. The van der Waals surface area contributed by atoms with Gasteiger partial charge in [-0.3, -0.25) is 9.78 Å². The highest BCUT2D eigenvalue weighted by molar-refractivity contribution is 8.02. The van der Waals surface area contributed by atoms with Crippen molar-refractivity contribution in [2.45, 2.75) is 38.2 Å². The molecule has 0 aromatic carbocycles. The number of carbonyl (C=O) groups is 2. The number of aliphatic carboxylic acids is 1. The smallest absolute Gasteiger partial charge is 0.353 e. The predicted octanol–water partition coefficient (Wildman–Crippen LogP) is 1.53. The third-order valence-corrected chi connectivity index (χ3v) is 5.45. The van der Waals surface area contributed by atoms with E-state index in [-0.39, 0.29) is 17.6 Å². The van der Waals surface area contributed by atoms with Gasteiger partial charge in [0.15, 0.2) is 0 Å². The summed E-state index contributed by atoms with van der Waals surface area (Å²) in [6.07, 6.45) is 1.47. The summed E-state index contributed by atoms with van der Waals surface area (Å²) in [6, 6.07) is 3.63. The average Bonchev–Trinajstić information content (AvgIpc) is 2.79. The molecule has 0 radical (unpaired) electrons. The lowest BCUT2D eigenvalue weighted by Crippen LogP contribution is -2.61. The molecule has 23 heavy (non-hydrogen) atoms. The lowest BCUT2D eigenvalue weighted by molar-refractivity contribution is -0.161. The van der Waals surface area contributed by atoms with Gasteiger partial charge in [0, 0.05) is 29.0 Å². The zero-order chi connectivity index (χ0) is 16.7. The molecule has 0 bridgehead atoms. The van der Waals surface area contributed by atoms with Gasteiger partial charge < -0.3 is 15.1 Å². The van der Waals surface area contributed by atoms with Gasteiger partial charge in [0.2, 0.25) is 5.91 Å². The molecule has 3 rings (SSSR count). The summed E-state index contributed by atoms with van der Waals surface area (Å²) < 4.78 is 0. The number of pyridine rings is 1. The summed E-state index contributed by atoms with van der Waals surface area (Å²) in [7, 11) is 0. The molecule has 1 aromatic heterocycles. The maximum absolute atomic E-state index is 12.1. The van der Waals surface area contributed by atoms with Crippen LogP contribution >= 0.6 is 11.8 Å². The van der Waals surface area contributed by atoms with E-state index in [0.29, 0.717) is 17.1 Å². The van der Waals surface area contributed by atoms with Gasteiger partial charge in [-0.1, -0.05) is 0 Å². The first-order chi connectivity index (χ1) is 10.9. The molecular formula is C16H18N2O4S. The number of fused-ring (bicyclic) bond motifs is 1. The van der Waals surface area contributed by atoms with E-state index in [9.17, 15) is 19.8 Å². The average molecular weight is 334 g/mol. The van der Waals surface area contributed by atoms with Crippen molar-refractivity contribution in [2.24, 2.45) is 5.92 Å². The molecule has 2 aliphatic rings. The number of carbonyl (C=O) groups excluding carboxylic acids is 1. The number of amides is 1. The van der Waals surface area contributed by atoms with E-state index in [0.717, 1.165) is 11.3 Å². The van der Waals surface area contributed by atoms with E-state index in [1.807, 2.05) is 19.1 Å². The third-order valence-electron chi connectivity index (χ3n) is 4.26. The highest BCUT2D eigenvalue weighted by atomic mass is 32.2. The van der Waals surface area contributed by atoms with Gasteiger partial charge in [-0.2, -0.15) is 0 Å². The number of β-lactam (4-membered cyclic amide) rings is 1. The molecule has 122 valence electrons. The lowest BCUT2D eigenvalue weighted by Gasteiger charge is -2.44. The van der Waals surface area contributed by atoms with E-state index in [2.05, 4.69) is 4.98 Å². The normalized spacial score (nSPS) is 24.5. The Morgan fingerprint density at radius 2 is 2.30 bits per heavy atom. The number of carboxylic acids is 1. The Morgan fingerprint density at radius 3 is 2.91 bits per heavy atom. The Labute approximate surface area is 138 Å². The summed E-state index contributed by atoms with van der Waals surface area (Å²) in [6.45, 7) is 3.48. The van der Waals surface area contributed by atoms with Crippen LogP contribution in [0.1, 0.15) is 24.6 Å². The van der Waals surface area contributed by atoms with Gasteiger partial charge in [-0.15, -0.1) is 11.8 Å². The van der Waals surface area contributed by atoms with Gasteiger partial charge >= 0.3 is 5.97 Å². The number of aryl methyl sites for hydroxylation is 1. The lowest BCUT2D eigenvalue weighted by atomic mass is 9.83. The summed E-state index contributed by atoms with van der Waals surface area (Å²) in [4.78, 5) is 29.8. The number of aliphatic hydroxyl groups excluding tert-OH is 1. The van der Waals surface area contributed by atoms with Crippen molar-refractivity contribution in [2.75, 3.05) is 0 Å². The monoisotopic (exact) mass is 334 g/mol. The Bertz CT molecular complexity index is 701. The molecule has 3 atom stereocenters. The van der Waals surface area contributed by atoms with Crippen LogP contribution in [0.3, 0.4) is 0 Å². The van der Waals surface area contributed by atoms with E-state index < -0.39 is 18.0 Å².